The minimum atomic E-state index is -1.68. The predicted molar refractivity (Wildman–Crippen MR) is 266 cm³/mol. The molecule has 65 heavy (non-hydrogen) atoms. The van der Waals surface area contributed by atoms with E-state index < -0.39 is 25.6 Å². The summed E-state index contributed by atoms with van der Waals surface area (Å²) < 4.78 is 38.8. The Labute approximate surface area is 399 Å². The van der Waals surface area contributed by atoms with Crippen molar-refractivity contribution in [1.29, 1.82) is 0 Å². The minimum absolute atomic E-state index is 0. The Balaban J connectivity index is 0.000000219. The van der Waals surface area contributed by atoms with E-state index in [9.17, 15) is 8.78 Å². The van der Waals surface area contributed by atoms with Gasteiger partial charge >= 0.3 is 0 Å². The molecular weight excluding hydrogens is 1020 g/mol. The molecular formula is C55H49F2IrN5SSi-2. The molecule has 5 heterocycles. The van der Waals surface area contributed by atoms with Gasteiger partial charge in [-0.25, -0.2) is 4.98 Å². The van der Waals surface area contributed by atoms with Crippen molar-refractivity contribution in [2.24, 2.45) is 0 Å². The van der Waals surface area contributed by atoms with Gasteiger partial charge in [-0.15, -0.1) is 30.3 Å². The molecule has 0 saturated heterocycles. The SMILES string of the molecule is Cc1ccc2c(ccc3nc(-c4[c-]ccc5c4sc4nc(C(C)(C)C)ccc45)n(-c4ccc(-c5ccccc5)cc4)c32)n1.[2H]C(C)(C)c1cc(-c2[c-]cc(F)cc2F)ncc1[Si](C)(C)C.[Ir]. The van der Waals surface area contributed by atoms with E-state index >= 15 is 0 Å². The topological polar surface area (TPSA) is 56.5 Å². The van der Waals surface area contributed by atoms with Crippen LogP contribution in [-0.2, 0) is 25.5 Å². The summed E-state index contributed by atoms with van der Waals surface area (Å²) in [7, 11) is -1.68. The summed E-state index contributed by atoms with van der Waals surface area (Å²) in [6.07, 6.45) is 1.74. The normalized spacial score (nSPS) is 12.3. The third-order valence-electron chi connectivity index (χ3n) is 11.5. The van der Waals surface area contributed by atoms with E-state index in [1.165, 1.54) is 21.9 Å². The van der Waals surface area contributed by atoms with Gasteiger partial charge in [-0.05, 0) is 87.4 Å². The van der Waals surface area contributed by atoms with Crippen LogP contribution in [0.5, 0.6) is 0 Å². The number of imidazole rings is 1. The molecule has 0 aliphatic carbocycles. The van der Waals surface area contributed by atoms with Crippen LogP contribution >= 0.6 is 11.3 Å². The van der Waals surface area contributed by atoms with Crippen molar-refractivity contribution in [2.45, 2.75) is 72.5 Å². The monoisotopic (exact) mass is 1070 g/mol. The Morgan fingerprint density at radius 2 is 1.46 bits per heavy atom. The van der Waals surface area contributed by atoms with Crippen LogP contribution in [0.15, 0.2) is 128 Å². The van der Waals surface area contributed by atoms with E-state index in [0.29, 0.717) is 5.69 Å². The van der Waals surface area contributed by atoms with Crippen molar-refractivity contribution in [3.05, 3.63) is 168 Å². The molecule has 10 aromatic rings. The van der Waals surface area contributed by atoms with Crippen molar-refractivity contribution in [2.75, 3.05) is 0 Å². The summed E-state index contributed by atoms with van der Waals surface area (Å²) in [6.45, 7) is 18.8. The van der Waals surface area contributed by atoms with Crippen molar-refractivity contribution >= 4 is 66.8 Å². The average Bonchev–Trinajstić information content (AvgIpc) is 3.85. The second kappa shape index (κ2) is 17.9. The third kappa shape index (κ3) is 8.97. The fourth-order valence-corrected chi connectivity index (χ4v) is 10.9. The number of hydrogen-bond donors (Lipinski definition) is 0. The van der Waals surface area contributed by atoms with Crippen molar-refractivity contribution in [3.8, 4) is 39.5 Å². The molecule has 0 amide bonds. The van der Waals surface area contributed by atoms with Crippen LogP contribution in [0.2, 0.25) is 19.6 Å². The number of fused-ring (bicyclic) bond motifs is 6. The van der Waals surface area contributed by atoms with Gasteiger partial charge in [0.2, 0.25) is 0 Å². The molecule has 0 aliphatic heterocycles. The first-order valence-corrected chi connectivity index (χ1v) is 25.7. The first kappa shape index (κ1) is 44.4. The van der Waals surface area contributed by atoms with Crippen LogP contribution in [-0.4, -0.2) is 32.6 Å². The van der Waals surface area contributed by atoms with Gasteiger partial charge in [0.15, 0.2) is 0 Å². The molecule has 0 atom stereocenters. The number of halogens is 2. The Bertz CT molecular complexity index is 3420. The van der Waals surface area contributed by atoms with E-state index in [4.69, 9.17) is 16.3 Å². The predicted octanol–water partition coefficient (Wildman–Crippen LogP) is 14.6. The first-order valence-electron chi connectivity index (χ1n) is 21.9. The largest absolute Gasteiger partial charge is 0.333 e. The van der Waals surface area contributed by atoms with Crippen LogP contribution in [0.25, 0.3) is 81.7 Å². The summed E-state index contributed by atoms with van der Waals surface area (Å²) in [5, 5.41) is 4.51. The molecule has 0 spiro atoms. The van der Waals surface area contributed by atoms with Gasteiger partial charge in [0.1, 0.15) is 4.83 Å². The van der Waals surface area contributed by atoms with Crippen LogP contribution in [0.4, 0.5) is 8.78 Å². The van der Waals surface area contributed by atoms with E-state index in [1.807, 2.05) is 19.1 Å². The smallest absolute Gasteiger partial charge is 0.114 e. The molecule has 0 saturated carbocycles. The molecule has 10 heteroatoms. The molecule has 0 aliphatic rings. The van der Waals surface area contributed by atoms with Crippen molar-refractivity contribution in [3.63, 3.8) is 0 Å². The molecule has 329 valence electrons. The molecule has 5 aromatic carbocycles. The zero-order chi connectivity index (χ0) is 46.0. The Morgan fingerprint density at radius 3 is 2.15 bits per heavy atom. The van der Waals surface area contributed by atoms with Crippen LogP contribution in [0.3, 0.4) is 0 Å². The number of pyridine rings is 3. The number of nitrogens with zero attached hydrogens (tertiary/aromatic N) is 5. The standard InChI is InChI=1S/C38H29N4S.C17H20F2NSi.Ir/c1-23-13-18-29-31(39-23)20-21-32-34(29)42(26-16-14-25(15-17-26)24-9-6-5-7-10-24)36(40-32)30-12-8-11-27-28-19-22-33(38(2,3)4)41-37(28)43-35(27)30;1-11(2)14-9-16(20-10-17(14)21(3,4)5)13-7-6-12(18)8-15(13)19;/h5-11,13-22H,1-4H3;6,8-11H,1-5H3;/q2*-1;/i;11D;. The fourth-order valence-electron chi connectivity index (χ4n) is 8.18. The number of aromatic nitrogens is 5. The van der Waals surface area contributed by atoms with E-state index in [1.54, 1.807) is 37.4 Å². The second-order valence-electron chi connectivity index (χ2n) is 18.5. The summed E-state index contributed by atoms with van der Waals surface area (Å²) in [6, 6.07) is 46.1. The maximum absolute atomic E-state index is 13.9. The number of aryl methyl sites for hydroxylation is 1. The number of rotatable bonds is 6. The van der Waals surface area contributed by atoms with Gasteiger partial charge in [0, 0.05) is 67.2 Å². The van der Waals surface area contributed by atoms with Gasteiger partial charge in [-0.3, -0.25) is 18.7 Å². The molecule has 0 N–H and O–H groups in total. The summed E-state index contributed by atoms with van der Waals surface area (Å²) >= 11 is 1.72. The second-order valence-corrected chi connectivity index (χ2v) is 24.6. The van der Waals surface area contributed by atoms with Crippen molar-refractivity contribution in [1.82, 2.24) is 24.5 Å². The Morgan fingerprint density at radius 1 is 0.754 bits per heavy atom. The van der Waals surface area contributed by atoms with Crippen LogP contribution in [0, 0.1) is 30.7 Å². The maximum Gasteiger partial charge on any atom is 0.114 e. The molecule has 5 nitrogen and oxygen atoms in total. The Kier molecular flexibility index (Phi) is 12.2. The molecule has 0 bridgehead atoms. The third-order valence-corrected chi connectivity index (χ3v) is 14.7. The fraction of sp³-hybridized carbons (Fsp3) is 0.200. The van der Waals surface area contributed by atoms with E-state index in [0.717, 1.165) is 82.8 Å². The summed E-state index contributed by atoms with van der Waals surface area (Å²) in [5.41, 5.74) is 10.8. The van der Waals surface area contributed by atoms with E-state index in [-0.39, 0.29) is 31.1 Å². The summed E-state index contributed by atoms with van der Waals surface area (Å²) in [4.78, 5) is 20.6. The molecule has 10 rings (SSSR count). The van der Waals surface area contributed by atoms with Gasteiger partial charge in [-0.1, -0.05) is 137 Å². The van der Waals surface area contributed by atoms with Gasteiger partial charge in [-0.2, -0.15) is 11.3 Å². The van der Waals surface area contributed by atoms with Gasteiger partial charge < -0.3 is 9.55 Å². The van der Waals surface area contributed by atoms with Crippen molar-refractivity contribution < 1.29 is 30.3 Å². The van der Waals surface area contributed by atoms with Crippen LogP contribution < -0.4 is 5.19 Å². The van der Waals surface area contributed by atoms with E-state index in [2.05, 4.69) is 153 Å². The summed E-state index contributed by atoms with van der Waals surface area (Å²) in [5.74, 6) is -1.31. The molecule has 0 fully saturated rings. The zero-order valence-electron chi connectivity index (χ0n) is 38.9. The zero-order valence-corrected chi connectivity index (χ0v) is 42.1. The molecule has 1 radical (unpaired) electrons. The first-order chi connectivity index (χ1) is 30.8. The van der Waals surface area contributed by atoms with Gasteiger partial charge in [0.25, 0.3) is 0 Å². The molecule has 5 aromatic heterocycles. The quantitative estimate of drug-likeness (QED) is 0.123. The van der Waals surface area contributed by atoms with Crippen LogP contribution in [0.1, 0.15) is 58.8 Å². The minimum Gasteiger partial charge on any atom is -0.333 e. The Hall–Kier alpha value is -5.77. The number of thiophene rings is 1. The maximum atomic E-state index is 13.9. The molecule has 0 unspecified atom stereocenters. The average molecular weight is 1070 g/mol. The number of hydrogen-bond acceptors (Lipinski definition) is 5. The number of benzene rings is 5. The van der Waals surface area contributed by atoms with Gasteiger partial charge in [0.05, 0.1) is 30.4 Å².